The number of rotatable bonds is 5. The predicted molar refractivity (Wildman–Crippen MR) is 117 cm³/mol. The minimum absolute atomic E-state index is 0.739. The summed E-state index contributed by atoms with van der Waals surface area (Å²) in [5, 5.41) is 12.0. The molecule has 1 aliphatic rings. The summed E-state index contributed by atoms with van der Waals surface area (Å²) in [6, 6.07) is 8.28. The highest BCUT2D eigenvalue weighted by Crippen LogP contribution is 2.26. The Hall–Kier alpha value is -3.65. The first-order valence-electron chi connectivity index (χ1n) is 9.89. The standard InChI is InChI=1S/C22H24N8/c1-16-11-19(6-5-17(16)15-29-9-4-7-25-29)26-21-22-24-12-20(30(22)10-8-23-21)18-13-27(2)28(3)14-18/h4-13H,14-15H2,1-3H3,(H,23,26). The van der Waals surface area contributed by atoms with Gasteiger partial charge in [-0.25, -0.2) is 15.0 Å². The number of benzene rings is 1. The zero-order valence-electron chi connectivity index (χ0n) is 17.3. The van der Waals surface area contributed by atoms with Crippen LogP contribution in [0.5, 0.6) is 0 Å². The number of likely N-dealkylation sites (N-methyl/N-ethyl adjacent to an activating group) is 1. The first-order chi connectivity index (χ1) is 14.6. The SMILES string of the molecule is Cc1cc(Nc2nccn3c(C4=CN(C)N(C)C4)cnc23)ccc1Cn1cccn1. The van der Waals surface area contributed by atoms with Gasteiger partial charge in [0.05, 0.1) is 18.4 Å². The van der Waals surface area contributed by atoms with E-state index >= 15 is 0 Å². The molecule has 0 amide bonds. The molecular formula is C22H24N8. The van der Waals surface area contributed by atoms with Gasteiger partial charge in [-0.05, 0) is 36.2 Å². The Labute approximate surface area is 175 Å². The molecule has 0 saturated heterocycles. The van der Waals surface area contributed by atoms with Gasteiger partial charge < -0.3 is 10.3 Å². The van der Waals surface area contributed by atoms with Crippen molar-refractivity contribution in [3.8, 4) is 0 Å². The minimum Gasteiger partial charge on any atom is -0.337 e. The van der Waals surface area contributed by atoms with Gasteiger partial charge in [0.1, 0.15) is 0 Å². The molecule has 3 aromatic heterocycles. The number of imidazole rings is 1. The molecule has 0 saturated carbocycles. The van der Waals surface area contributed by atoms with Crippen molar-refractivity contribution in [2.75, 3.05) is 26.0 Å². The van der Waals surface area contributed by atoms with Crippen molar-refractivity contribution in [1.82, 2.24) is 34.2 Å². The van der Waals surface area contributed by atoms with Crippen LogP contribution in [0, 0.1) is 6.92 Å². The number of fused-ring (bicyclic) bond motifs is 1. The number of nitrogens with zero attached hydrogens (tertiary/aromatic N) is 7. The first-order valence-corrected chi connectivity index (χ1v) is 9.89. The lowest BCUT2D eigenvalue weighted by Gasteiger charge is -2.18. The topological polar surface area (TPSA) is 66.5 Å². The van der Waals surface area contributed by atoms with E-state index in [1.807, 2.05) is 42.6 Å². The van der Waals surface area contributed by atoms with Crippen LogP contribution in [0.3, 0.4) is 0 Å². The average molecular weight is 400 g/mol. The van der Waals surface area contributed by atoms with E-state index in [0.717, 1.165) is 35.9 Å². The Morgan fingerprint density at radius 1 is 1.10 bits per heavy atom. The fraction of sp³-hybridized carbons (Fsp3) is 0.227. The lowest BCUT2D eigenvalue weighted by Crippen LogP contribution is -2.27. The zero-order chi connectivity index (χ0) is 20.7. The lowest BCUT2D eigenvalue weighted by molar-refractivity contribution is 0.118. The van der Waals surface area contributed by atoms with Gasteiger partial charge in [-0.2, -0.15) is 5.10 Å². The monoisotopic (exact) mass is 400 g/mol. The van der Waals surface area contributed by atoms with E-state index in [2.05, 4.69) is 73.2 Å². The Bertz CT molecular complexity index is 1220. The Morgan fingerprint density at radius 2 is 2.00 bits per heavy atom. The molecule has 0 fully saturated rings. The number of hydrogen-bond acceptors (Lipinski definition) is 6. The predicted octanol–water partition coefficient (Wildman–Crippen LogP) is 3.16. The molecule has 0 aliphatic carbocycles. The average Bonchev–Trinajstić information content (AvgIpc) is 3.45. The summed E-state index contributed by atoms with van der Waals surface area (Å²) in [5.74, 6) is 0.739. The normalized spacial score (nSPS) is 14.5. The molecule has 152 valence electrons. The molecule has 0 unspecified atom stereocenters. The van der Waals surface area contributed by atoms with Crippen LogP contribution in [0.1, 0.15) is 16.8 Å². The molecule has 0 radical (unpaired) electrons. The van der Waals surface area contributed by atoms with Crippen LogP contribution in [-0.2, 0) is 6.54 Å². The molecule has 0 bridgehead atoms. The van der Waals surface area contributed by atoms with Crippen LogP contribution in [0.25, 0.3) is 11.2 Å². The maximum atomic E-state index is 4.65. The molecule has 4 aromatic rings. The third-order valence-corrected chi connectivity index (χ3v) is 5.53. The number of hydrogen-bond donors (Lipinski definition) is 1. The van der Waals surface area contributed by atoms with Crippen LogP contribution < -0.4 is 5.32 Å². The smallest absolute Gasteiger partial charge is 0.180 e. The van der Waals surface area contributed by atoms with Gasteiger partial charge in [-0.3, -0.25) is 9.08 Å². The second-order valence-electron chi connectivity index (χ2n) is 7.63. The molecule has 0 atom stereocenters. The highest BCUT2D eigenvalue weighted by Gasteiger charge is 2.20. The summed E-state index contributed by atoms with van der Waals surface area (Å²) in [5.41, 5.74) is 6.54. The van der Waals surface area contributed by atoms with Gasteiger partial charge in [-0.1, -0.05) is 6.07 Å². The summed E-state index contributed by atoms with van der Waals surface area (Å²) in [6.07, 6.45) is 11.6. The summed E-state index contributed by atoms with van der Waals surface area (Å²) in [4.78, 5) is 9.18. The fourth-order valence-corrected chi connectivity index (χ4v) is 3.77. The van der Waals surface area contributed by atoms with Crippen molar-refractivity contribution in [2.24, 2.45) is 0 Å². The van der Waals surface area contributed by atoms with Gasteiger partial charge in [-0.15, -0.1) is 0 Å². The molecule has 1 aliphatic heterocycles. The Morgan fingerprint density at radius 3 is 2.73 bits per heavy atom. The van der Waals surface area contributed by atoms with Gasteiger partial charge >= 0.3 is 0 Å². The summed E-state index contributed by atoms with van der Waals surface area (Å²) in [7, 11) is 4.11. The Kier molecular flexibility index (Phi) is 4.48. The molecule has 5 rings (SSSR count). The zero-order valence-corrected chi connectivity index (χ0v) is 17.3. The third-order valence-electron chi connectivity index (χ3n) is 5.53. The van der Waals surface area contributed by atoms with Gasteiger partial charge in [0, 0.05) is 62.9 Å². The van der Waals surface area contributed by atoms with E-state index in [4.69, 9.17) is 0 Å². The van der Waals surface area contributed by atoms with E-state index in [1.165, 1.54) is 16.7 Å². The van der Waals surface area contributed by atoms with Gasteiger partial charge in [0.2, 0.25) is 0 Å². The minimum atomic E-state index is 0.739. The summed E-state index contributed by atoms with van der Waals surface area (Å²) < 4.78 is 4.02. The van der Waals surface area contributed by atoms with Crippen LogP contribution >= 0.6 is 0 Å². The van der Waals surface area contributed by atoms with Crippen molar-refractivity contribution in [1.29, 1.82) is 0 Å². The van der Waals surface area contributed by atoms with E-state index in [9.17, 15) is 0 Å². The van der Waals surface area contributed by atoms with Crippen molar-refractivity contribution < 1.29 is 0 Å². The van der Waals surface area contributed by atoms with Crippen LogP contribution in [0.4, 0.5) is 11.5 Å². The lowest BCUT2D eigenvalue weighted by atomic mass is 10.1. The largest absolute Gasteiger partial charge is 0.337 e. The molecular weight excluding hydrogens is 376 g/mol. The van der Waals surface area contributed by atoms with Crippen molar-refractivity contribution in [3.63, 3.8) is 0 Å². The second-order valence-corrected chi connectivity index (χ2v) is 7.63. The van der Waals surface area contributed by atoms with E-state index in [0.29, 0.717) is 0 Å². The van der Waals surface area contributed by atoms with Crippen LogP contribution in [0.15, 0.2) is 61.4 Å². The molecule has 8 heteroatoms. The fourth-order valence-electron chi connectivity index (χ4n) is 3.77. The molecule has 1 aromatic carbocycles. The molecule has 8 nitrogen and oxygen atoms in total. The maximum absolute atomic E-state index is 4.65. The summed E-state index contributed by atoms with van der Waals surface area (Å²) in [6.45, 7) is 3.73. The molecule has 0 spiro atoms. The highest BCUT2D eigenvalue weighted by molar-refractivity contribution is 5.75. The number of nitrogens with one attached hydrogen (secondary N) is 1. The maximum Gasteiger partial charge on any atom is 0.180 e. The van der Waals surface area contributed by atoms with Crippen molar-refractivity contribution in [2.45, 2.75) is 13.5 Å². The van der Waals surface area contributed by atoms with Crippen LogP contribution in [-0.4, -0.2) is 54.8 Å². The second kappa shape index (κ2) is 7.31. The quantitative estimate of drug-likeness (QED) is 0.555. The van der Waals surface area contributed by atoms with Crippen LogP contribution in [0.2, 0.25) is 0 Å². The highest BCUT2D eigenvalue weighted by atomic mass is 15.6. The van der Waals surface area contributed by atoms with Crippen molar-refractivity contribution >= 4 is 22.7 Å². The summed E-state index contributed by atoms with van der Waals surface area (Å²) >= 11 is 0. The van der Waals surface area contributed by atoms with E-state index in [-0.39, 0.29) is 0 Å². The van der Waals surface area contributed by atoms with E-state index < -0.39 is 0 Å². The number of aryl methyl sites for hydroxylation is 1. The number of aromatic nitrogens is 5. The first kappa shape index (κ1) is 18.4. The van der Waals surface area contributed by atoms with Gasteiger partial charge in [0.15, 0.2) is 11.5 Å². The van der Waals surface area contributed by atoms with E-state index in [1.54, 1.807) is 6.20 Å². The molecule has 4 heterocycles. The number of anilines is 2. The van der Waals surface area contributed by atoms with Crippen molar-refractivity contribution in [3.05, 3.63) is 78.3 Å². The number of hydrazine groups is 1. The molecule has 1 N–H and O–H groups in total. The molecule has 30 heavy (non-hydrogen) atoms. The Balaban J connectivity index is 1.42. The third kappa shape index (κ3) is 3.31. The van der Waals surface area contributed by atoms with Gasteiger partial charge in [0.25, 0.3) is 0 Å².